The molecule has 8 nitrogen and oxygen atoms in total. The van der Waals surface area contributed by atoms with E-state index in [9.17, 15) is 18.0 Å². The summed E-state index contributed by atoms with van der Waals surface area (Å²) in [4.78, 5) is 24.9. The lowest BCUT2D eigenvalue weighted by molar-refractivity contribution is -0.274. The number of thioether (sulfide) groups is 1. The van der Waals surface area contributed by atoms with Gasteiger partial charge in [-0.2, -0.15) is 0 Å². The third-order valence-corrected chi connectivity index (χ3v) is 7.17. The minimum absolute atomic E-state index is 0.231. The number of carbonyl (C=O) groups is 1. The number of amides is 1. The first-order valence-corrected chi connectivity index (χ1v) is 14.3. The Labute approximate surface area is 245 Å². The molecule has 1 aliphatic heterocycles. The molecule has 0 saturated carbocycles. The van der Waals surface area contributed by atoms with E-state index in [4.69, 9.17) is 4.74 Å². The minimum Gasteiger partial charge on any atom is -0.406 e. The summed E-state index contributed by atoms with van der Waals surface area (Å²) in [6, 6.07) is 20.2. The SMILES string of the molecule is CSc1cnc(Nc2ccc(C(=O)Nc3cccc(CN4CCOCC4)c3)cc2)nc1-c1ccc(OC(F)(F)F)cc1. The molecular formula is C30H28F3N5O3S. The molecule has 0 spiro atoms. The Morgan fingerprint density at radius 1 is 1.02 bits per heavy atom. The molecule has 12 heteroatoms. The van der Waals surface area contributed by atoms with Crippen LogP contribution in [0.4, 0.5) is 30.5 Å². The van der Waals surface area contributed by atoms with Crippen LogP contribution in [0.15, 0.2) is 83.9 Å². The van der Waals surface area contributed by atoms with Crippen LogP contribution >= 0.6 is 11.8 Å². The summed E-state index contributed by atoms with van der Waals surface area (Å²) in [6.07, 6.45) is -1.26. The predicted octanol–water partition coefficient (Wildman–Crippen LogP) is 6.59. The lowest BCUT2D eigenvalue weighted by Crippen LogP contribution is -2.35. The van der Waals surface area contributed by atoms with Crippen molar-refractivity contribution in [1.29, 1.82) is 0 Å². The van der Waals surface area contributed by atoms with Crippen molar-refractivity contribution in [2.24, 2.45) is 0 Å². The maximum Gasteiger partial charge on any atom is 0.573 e. The lowest BCUT2D eigenvalue weighted by Gasteiger charge is -2.26. The second-order valence-corrected chi connectivity index (χ2v) is 10.3. The summed E-state index contributed by atoms with van der Waals surface area (Å²) < 4.78 is 46.9. The van der Waals surface area contributed by atoms with Gasteiger partial charge in [-0.05, 0) is 72.5 Å². The van der Waals surface area contributed by atoms with Gasteiger partial charge in [0, 0.05) is 48.3 Å². The number of hydrogen-bond acceptors (Lipinski definition) is 8. The average molecular weight is 596 g/mol. The van der Waals surface area contributed by atoms with Gasteiger partial charge in [-0.25, -0.2) is 9.97 Å². The molecule has 2 heterocycles. The quantitative estimate of drug-likeness (QED) is 0.210. The van der Waals surface area contributed by atoms with Crippen molar-refractivity contribution in [1.82, 2.24) is 14.9 Å². The third-order valence-electron chi connectivity index (χ3n) is 6.43. The summed E-state index contributed by atoms with van der Waals surface area (Å²) in [5.41, 5.74) is 4.16. The monoisotopic (exact) mass is 595 g/mol. The highest BCUT2D eigenvalue weighted by atomic mass is 32.2. The number of rotatable bonds is 9. The predicted molar refractivity (Wildman–Crippen MR) is 156 cm³/mol. The molecule has 0 bridgehead atoms. The number of halogens is 3. The maximum atomic E-state index is 12.9. The van der Waals surface area contributed by atoms with E-state index in [1.807, 2.05) is 30.5 Å². The van der Waals surface area contributed by atoms with E-state index >= 15 is 0 Å². The fourth-order valence-electron chi connectivity index (χ4n) is 4.40. The average Bonchev–Trinajstić information content (AvgIpc) is 2.98. The molecule has 4 aromatic rings. The Hall–Kier alpha value is -4.13. The maximum absolute atomic E-state index is 12.9. The standard InChI is InChI=1S/C30H28F3N5O3S/c1-42-26-18-34-29(37-27(26)21-7-11-25(12-8-21)41-30(31,32)33)36-23-9-5-22(6-10-23)28(39)35-24-4-2-3-20(17-24)19-38-13-15-40-16-14-38/h2-12,17-18H,13-16,19H2,1H3,(H,35,39)(H,34,36,37). The molecule has 0 aliphatic carbocycles. The van der Waals surface area contributed by atoms with Crippen molar-refractivity contribution in [2.75, 3.05) is 43.2 Å². The van der Waals surface area contributed by atoms with Crippen LogP contribution < -0.4 is 15.4 Å². The van der Waals surface area contributed by atoms with Gasteiger partial charge in [0.05, 0.1) is 23.8 Å². The van der Waals surface area contributed by atoms with Gasteiger partial charge in [0.15, 0.2) is 0 Å². The summed E-state index contributed by atoms with van der Waals surface area (Å²) in [5.74, 6) is -0.243. The van der Waals surface area contributed by atoms with Crippen LogP contribution in [0.5, 0.6) is 5.75 Å². The number of nitrogens with zero attached hydrogens (tertiary/aromatic N) is 3. The smallest absolute Gasteiger partial charge is 0.406 e. The first-order valence-electron chi connectivity index (χ1n) is 13.1. The molecule has 1 fully saturated rings. The van der Waals surface area contributed by atoms with Crippen molar-refractivity contribution in [3.05, 3.63) is 90.1 Å². The molecule has 1 aliphatic rings. The highest BCUT2D eigenvalue weighted by Gasteiger charge is 2.31. The largest absolute Gasteiger partial charge is 0.573 e. The Morgan fingerprint density at radius 3 is 2.45 bits per heavy atom. The highest BCUT2D eigenvalue weighted by molar-refractivity contribution is 7.98. The normalized spacial score (nSPS) is 13.9. The second-order valence-electron chi connectivity index (χ2n) is 9.43. The fraction of sp³-hybridized carbons (Fsp3) is 0.233. The van der Waals surface area contributed by atoms with E-state index in [0.29, 0.717) is 28.5 Å². The Balaban J connectivity index is 1.23. The molecule has 0 radical (unpaired) electrons. The summed E-state index contributed by atoms with van der Waals surface area (Å²) >= 11 is 1.42. The molecule has 0 atom stereocenters. The van der Waals surface area contributed by atoms with Crippen LogP contribution in [0.1, 0.15) is 15.9 Å². The minimum atomic E-state index is -4.76. The van der Waals surface area contributed by atoms with Crippen molar-refractivity contribution in [2.45, 2.75) is 17.8 Å². The van der Waals surface area contributed by atoms with Gasteiger partial charge in [-0.15, -0.1) is 24.9 Å². The van der Waals surface area contributed by atoms with Crippen molar-refractivity contribution in [3.8, 4) is 17.0 Å². The number of morpholine rings is 1. The lowest BCUT2D eigenvalue weighted by atomic mass is 10.1. The van der Waals surface area contributed by atoms with Crippen LogP contribution in [-0.2, 0) is 11.3 Å². The van der Waals surface area contributed by atoms with Crippen molar-refractivity contribution >= 4 is 35.0 Å². The molecule has 2 N–H and O–H groups in total. The first-order chi connectivity index (χ1) is 20.3. The van der Waals surface area contributed by atoms with Gasteiger partial charge in [0.1, 0.15) is 5.75 Å². The van der Waals surface area contributed by atoms with Gasteiger partial charge < -0.3 is 20.1 Å². The first kappa shape index (κ1) is 29.4. The van der Waals surface area contributed by atoms with Crippen molar-refractivity contribution in [3.63, 3.8) is 0 Å². The van der Waals surface area contributed by atoms with E-state index in [1.165, 1.54) is 36.0 Å². The molecule has 1 aromatic heterocycles. The number of nitrogens with one attached hydrogen (secondary N) is 2. The van der Waals surface area contributed by atoms with Crippen LogP contribution in [-0.4, -0.2) is 59.7 Å². The molecule has 0 unspecified atom stereocenters. The highest BCUT2D eigenvalue weighted by Crippen LogP contribution is 2.32. The van der Waals surface area contributed by atoms with Gasteiger partial charge >= 0.3 is 6.36 Å². The van der Waals surface area contributed by atoms with Gasteiger partial charge in [-0.1, -0.05) is 12.1 Å². The number of alkyl halides is 3. The molecule has 3 aromatic carbocycles. The fourth-order valence-corrected chi connectivity index (χ4v) is 4.92. The summed E-state index contributed by atoms with van der Waals surface area (Å²) in [6.45, 7) is 4.04. The molecule has 5 rings (SSSR count). The van der Waals surface area contributed by atoms with Crippen molar-refractivity contribution < 1.29 is 27.4 Å². The number of carbonyl (C=O) groups excluding carboxylic acids is 1. The molecule has 1 amide bonds. The van der Waals surface area contributed by atoms with Gasteiger partial charge in [0.25, 0.3) is 5.91 Å². The van der Waals surface area contributed by atoms with Crippen LogP contribution in [0.2, 0.25) is 0 Å². The number of anilines is 3. The number of benzene rings is 3. The van der Waals surface area contributed by atoms with Gasteiger partial charge in [0.2, 0.25) is 5.95 Å². The zero-order valence-electron chi connectivity index (χ0n) is 22.6. The van der Waals surface area contributed by atoms with Gasteiger partial charge in [-0.3, -0.25) is 9.69 Å². The second kappa shape index (κ2) is 13.2. The molecular weight excluding hydrogens is 567 g/mol. The summed E-state index contributed by atoms with van der Waals surface area (Å²) in [7, 11) is 0. The molecule has 1 saturated heterocycles. The van der Waals surface area contributed by atoms with E-state index in [-0.39, 0.29) is 11.7 Å². The Morgan fingerprint density at radius 2 is 1.76 bits per heavy atom. The number of ether oxygens (including phenoxy) is 2. The van der Waals surface area contributed by atoms with E-state index < -0.39 is 6.36 Å². The van der Waals surface area contributed by atoms with Crippen LogP contribution in [0.3, 0.4) is 0 Å². The zero-order chi connectivity index (χ0) is 29.5. The number of hydrogen-bond donors (Lipinski definition) is 2. The Kier molecular flexibility index (Phi) is 9.25. The molecule has 42 heavy (non-hydrogen) atoms. The molecule has 218 valence electrons. The topological polar surface area (TPSA) is 88.6 Å². The summed E-state index contributed by atoms with van der Waals surface area (Å²) in [5, 5.41) is 6.08. The zero-order valence-corrected chi connectivity index (χ0v) is 23.5. The van der Waals surface area contributed by atoms with E-state index in [1.54, 1.807) is 30.5 Å². The number of aromatic nitrogens is 2. The van der Waals surface area contributed by atoms with E-state index in [0.717, 1.165) is 49.0 Å². The Bertz CT molecular complexity index is 1510. The van der Waals surface area contributed by atoms with E-state index in [2.05, 4.69) is 30.2 Å². The third kappa shape index (κ3) is 7.99. The van der Waals surface area contributed by atoms with Crippen LogP contribution in [0, 0.1) is 0 Å². The van der Waals surface area contributed by atoms with Crippen LogP contribution in [0.25, 0.3) is 11.3 Å².